The highest BCUT2D eigenvalue weighted by atomic mass is 79.9. The van der Waals surface area contributed by atoms with Gasteiger partial charge in [0.05, 0.1) is 0 Å². The van der Waals surface area contributed by atoms with Crippen LogP contribution in [0.3, 0.4) is 0 Å². The molecule has 0 aliphatic heterocycles. The minimum atomic E-state index is -0.274. The quantitative estimate of drug-likeness (QED) is 0.502. The standard InChI is InChI=1S/C13H13BrClF/c1-8-2-3-9(6-12(8)14)11-5-4-10(16)7-13(11)15/h4-5,7,9,12H,1-3,6H2. The van der Waals surface area contributed by atoms with Crippen LogP contribution in [0.4, 0.5) is 4.39 Å². The predicted octanol–water partition coefficient (Wildman–Crippen LogP) is 5.07. The van der Waals surface area contributed by atoms with Gasteiger partial charge in [0, 0.05) is 9.85 Å². The number of alkyl halides is 1. The first-order chi connectivity index (χ1) is 7.58. The molecule has 0 amide bonds. The minimum Gasteiger partial charge on any atom is -0.207 e. The summed E-state index contributed by atoms with van der Waals surface area (Å²) in [6.45, 7) is 4.02. The van der Waals surface area contributed by atoms with E-state index < -0.39 is 0 Å². The van der Waals surface area contributed by atoms with Crippen LogP contribution < -0.4 is 0 Å². The largest absolute Gasteiger partial charge is 0.207 e. The van der Waals surface area contributed by atoms with Gasteiger partial charge >= 0.3 is 0 Å². The fraction of sp³-hybridized carbons (Fsp3) is 0.385. The summed E-state index contributed by atoms with van der Waals surface area (Å²) in [5.74, 6) is 0.132. The van der Waals surface area contributed by atoms with Crippen molar-refractivity contribution in [2.75, 3.05) is 0 Å². The minimum absolute atomic E-state index is 0.274. The summed E-state index contributed by atoms with van der Waals surface area (Å²) in [6, 6.07) is 4.67. The Hall–Kier alpha value is -0.340. The molecule has 2 rings (SSSR count). The molecule has 86 valence electrons. The first kappa shape index (κ1) is 12.1. The highest BCUT2D eigenvalue weighted by molar-refractivity contribution is 9.09. The molecule has 0 bridgehead atoms. The van der Waals surface area contributed by atoms with Gasteiger partial charge in [-0.2, -0.15) is 0 Å². The summed E-state index contributed by atoms with van der Waals surface area (Å²) >= 11 is 9.68. The highest BCUT2D eigenvalue weighted by Gasteiger charge is 2.25. The van der Waals surface area contributed by atoms with E-state index in [0.717, 1.165) is 24.8 Å². The second kappa shape index (κ2) is 4.89. The van der Waals surface area contributed by atoms with Crippen LogP contribution in [0.25, 0.3) is 0 Å². The molecule has 1 aliphatic carbocycles. The lowest BCUT2D eigenvalue weighted by molar-refractivity contribution is 0.528. The van der Waals surface area contributed by atoms with Gasteiger partial charge in [0.25, 0.3) is 0 Å². The lowest BCUT2D eigenvalue weighted by atomic mass is 9.82. The van der Waals surface area contributed by atoms with Crippen LogP contribution in [0, 0.1) is 5.82 Å². The molecule has 2 atom stereocenters. The molecule has 16 heavy (non-hydrogen) atoms. The van der Waals surface area contributed by atoms with Crippen molar-refractivity contribution in [1.82, 2.24) is 0 Å². The van der Waals surface area contributed by atoms with Crippen LogP contribution in [-0.4, -0.2) is 4.83 Å². The van der Waals surface area contributed by atoms with E-state index in [4.69, 9.17) is 11.6 Å². The molecule has 0 spiro atoms. The Balaban J connectivity index is 2.21. The Morgan fingerprint density at radius 2 is 2.19 bits per heavy atom. The molecule has 1 fully saturated rings. The van der Waals surface area contributed by atoms with Crippen LogP contribution in [0.2, 0.25) is 5.02 Å². The molecular formula is C13H13BrClF. The zero-order valence-electron chi connectivity index (χ0n) is 8.85. The van der Waals surface area contributed by atoms with Crippen molar-refractivity contribution in [3.05, 3.63) is 46.8 Å². The predicted molar refractivity (Wildman–Crippen MR) is 69.9 cm³/mol. The first-order valence-electron chi connectivity index (χ1n) is 5.34. The molecule has 0 radical (unpaired) electrons. The molecule has 0 saturated heterocycles. The van der Waals surface area contributed by atoms with Gasteiger partial charge < -0.3 is 0 Å². The lowest BCUT2D eigenvalue weighted by Crippen LogP contribution is -2.16. The van der Waals surface area contributed by atoms with Gasteiger partial charge in [0.1, 0.15) is 5.82 Å². The van der Waals surface area contributed by atoms with Crippen LogP contribution >= 0.6 is 27.5 Å². The van der Waals surface area contributed by atoms with Crippen LogP contribution in [-0.2, 0) is 0 Å². The summed E-state index contributed by atoms with van der Waals surface area (Å²) in [7, 11) is 0. The third-order valence-electron chi connectivity index (χ3n) is 3.15. The second-order valence-corrected chi connectivity index (χ2v) is 5.78. The van der Waals surface area contributed by atoms with Gasteiger partial charge in [-0.1, -0.05) is 45.7 Å². The average molecular weight is 304 g/mol. The van der Waals surface area contributed by atoms with E-state index in [9.17, 15) is 4.39 Å². The van der Waals surface area contributed by atoms with E-state index in [1.807, 2.05) is 0 Å². The van der Waals surface area contributed by atoms with Gasteiger partial charge in [0.2, 0.25) is 0 Å². The van der Waals surface area contributed by atoms with E-state index in [0.29, 0.717) is 15.8 Å². The topological polar surface area (TPSA) is 0 Å². The summed E-state index contributed by atoms with van der Waals surface area (Å²) in [5.41, 5.74) is 2.30. The molecular weight excluding hydrogens is 290 g/mol. The van der Waals surface area contributed by atoms with E-state index in [1.54, 1.807) is 6.07 Å². The molecule has 0 heterocycles. The van der Waals surface area contributed by atoms with Gasteiger partial charge in [-0.15, -0.1) is 0 Å². The normalized spacial score (nSPS) is 25.8. The third-order valence-corrected chi connectivity index (χ3v) is 4.50. The number of rotatable bonds is 1. The zero-order chi connectivity index (χ0) is 11.7. The van der Waals surface area contributed by atoms with Crippen LogP contribution in [0.5, 0.6) is 0 Å². The SMILES string of the molecule is C=C1CCC(c2ccc(F)cc2Cl)CC1Br. The Bertz CT molecular complexity index is 416. The molecule has 1 saturated carbocycles. The summed E-state index contributed by atoms with van der Waals surface area (Å²) in [5, 5.41) is 0.539. The Morgan fingerprint density at radius 3 is 2.81 bits per heavy atom. The van der Waals surface area contributed by atoms with E-state index >= 15 is 0 Å². The van der Waals surface area contributed by atoms with E-state index in [-0.39, 0.29) is 5.82 Å². The Morgan fingerprint density at radius 1 is 1.44 bits per heavy atom. The molecule has 3 heteroatoms. The molecule has 1 aromatic carbocycles. The van der Waals surface area contributed by atoms with Crippen molar-refractivity contribution in [2.45, 2.75) is 30.0 Å². The maximum absolute atomic E-state index is 12.9. The van der Waals surface area contributed by atoms with Crippen molar-refractivity contribution in [2.24, 2.45) is 0 Å². The van der Waals surface area contributed by atoms with E-state index in [1.165, 1.54) is 17.7 Å². The summed E-state index contributed by atoms with van der Waals surface area (Å²) in [6.07, 6.45) is 3.05. The number of allylic oxidation sites excluding steroid dienone is 1. The maximum atomic E-state index is 12.9. The van der Waals surface area contributed by atoms with Gasteiger partial charge in [0.15, 0.2) is 0 Å². The molecule has 0 nitrogen and oxygen atoms in total. The molecule has 2 unspecified atom stereocenters. The fourth-order valence-electron chi connectivity index (χ4n) is 2.17. The Labute approximate surface area is 109 Å². The zero-order valence-corrected chi connectivity index (χ0v) is 11.2. The monoisotopic (exact) mass is 302 g/mol. The average Bonchev–Trinajstić information content (AvgIpc) is 2.22. The smallest absolute Gasteiger partial charge is 0.124 e. The number of hydrogen-bond acceptors (Lipinski definition) is 0. The van der Waals surface area contributed by atoms with Crippen molar-refractivity contribution in [3.63, 3.8) is 0 Å². The number of hydrogen-bond donors (Lipinski definition) is 0. The lowest BCUT2D eigenvalue weighted by Gasteiger charge is -2.28. The second-order valence-electron chi connectivity index (χ2n) is 4.26. The first-order valence-corrected chi connectivity index (χ1v) is 6.64. The molecule has 0 N–H and O–H groups in total. The van der Waals surface area contributed by atoms with Crippen LogP contribution in [0.15, 0.2) is 30.4 Å². The molecule has 1 aliphatic rings. The highest BCUT2D eigenvalue weighted by Crippen LogP contribution is 2.40. The fourth-order valence-corrected chi connectivity index (χ4v) is 3.17. The van der Waals surface area contributed by atoms with Crippen molar-refractivity contribution in [3.8, 4) is 0 Å². The summed E-state index contributed by atoms with van der Waals surface area (Å²) in [4.78, 5) is 0.354. The van der Waals surface area contributed by atoms with Gasteiger partial charge in [-0.05, 0) is 42.9 Å². The Kier molecular flexibility index (Phi) is 3.70. The van der Waals surface area contributed by atoms with Crippen molar-refractivity contribution < 1.29 is 4.39 Å². The van der Waals surface area contributed by atoms with Crippen LogP contribution in [0.1, 0.15) is 30.7 Å². The number of benzene rings is 1. The molecule has 1 aromatic rings. The van der Waals surface area contributed by atoms with Crippen molar-refractivity contribution in [1.29, 1.82) is 0 Å². The van der Waals surface area contributed by atoms with E-state index in [2.05, 4.69) is 22.5 Å². The maximum Gasteiger partial charge on any atom is 0.124 e. The third kappa shape index (κ3) is 2.49. The van der Waals surface area contributed by atoms with Crippen molar-refractivity contribution >= 4 is 27.5 Å². The van der Waals surface area contributed by atoms with Gasteiger partial charge in [-0.25, -0.2) is 4.39 Å². The summed E-state index contributed by atoms with van der Waals surface area (Å²) < 4.78 is 12.9. The van der Waals surface area contributed by atoms with Gasteiger partial charge in [-0.3, -0.25) is 0 Å². The number of halogens is 3. The molecule has 0 aromatic heterocycles.